The third kappa shape index (κ3) is 2.35. The average molecular weight is 245 g/mol. The van der Waals surface area contributed by atoms with Gasteiger partial charge in [0, 0.05) is 23.9 Å². The molecular weight excluding hydrogens is 226 g/mol. The molecule has 18 heavy (non-hydrogen) atoms. The number of carbonyl (C=O) groups excluding carboxylic acids is 1. The molecule has 1 saturated carbocycles. The summed E-state index contributed by atoms with van der Waals surface area (Å²) >= 11 is 0. The van der Waals surface area contributed by atoms with Crippen LogP contribution in [0.25, 0.3) is 0 Å². The topological polar surface area (TPSA) is 38.3 Å². The van der Waals surface area contributed by atoms with Gasteiger partial charge >= 0.3 is 0 Å². The third-order valence-corrected chi connectivity index (χ3v) is 3.95. The molecule has 1 aromatic carbocycles. The Morgan fingerprint density at radius 1 is 1.28 bits per heavy atom. The summed E-state index contributed by atoms with van der Waals surface area (Å²) in [7, 11) is 0. The van der Waals surface area contributed by atoms with Gasteiger partial charge in [-0.3, -0.25) is 4.79 Å². The molecule has 2 aliphatic rings. The van der Waals surface area contributed by atoms with Crippen LogP contribution >= 0.6 is 0 Å². The van der Waals surface area contributed by atoms with Crippen molar-refractivity contribution in [1.82, 2.24) is 5.32 Å². The molecule has 1 N–H and O–H groups in total. The molecule has 1 fully saturated rings. The number of para-hydroxylation sites is 1. The molecule has 0 saturated heterocycles. The van der Waals surface area contributed by atoms with Gasteiger partial charge < -0.3 is 10.1 Å². The second-order valence-electron chi connectivity index (χ2n) is 5.30. The molecule has 1 aliphatic carbocycles. The number of rotatable bonds is 3. The fourth-order valence-corrected chi connectivity index (χ4v) is 2.98. The summed E-state index contributed by atoms with van der Waals surface area (Å²) in [6.45, 7) is 0.636. The molecule has 96 valence electrons. The van der Waals surface area contributed by atoms with E-state index in [1.807, 2.05) is 18.2 Å². The summed E-state index contributed by atoms with van der Waals surface area (Å²) in [4.78, 5) is 12.0. The maximum absolute atomic E-state index is 12.0. The number of fused-ring (bicyclic) bond motifs is 1. The van der Waals surface area contributed by atoms with Crippen LogP contribution in [0.2, 0.25) is 0 Å². The van der Waals surface area contributed by atoms with E-state index < -0.39 is 0 Å². The first-order valence-corrected chi connectivity index (χ1v) is 6.84. The first-order valence-electron chi connectivity index (χ1n) is 6.84. The van der Waals surface area contributed by atoms with Crippen LogP contribution in [0.3, 0.4) is 0 Å². The van der Waals surface area contributed by atoms with Crippen molar-refractivity contribution in [2.24, 2.45) is 0 Å². The van der Waals surface area contributed by atoms with E-state index in [0.717, 1.165) is 18.6 Å². The molecule has 0 radical (unpaired) electrons. The molecule has 0 aromatic heterocycles. The predicted molar refractivity (Wildman–Crippen MR) is 69.7 cm³/mol. The molecule has 1 amide bonds. The van der Waals surface area contributed by atoms with E-state index in [1.165, 1.54) is 18.4 Å². The van der Waals surface area contributed by atoms with Crippen LogP contribution in [0.4, 0.5) is 0 Å². The van der Waals surface area contributed by atoms with Crippen molar-refractivity contribution in [1.29, 1.82) is 0 Å². The van der Waals surface area contributed by atoms with Gasteiger partial charge in [-0.15, -0.1) is 0 Å². The van der Waals surface area contributed by atoms with Gasteiger partial charge in [-0.1, -0.05) is 31.0 Å². The predicted octanol–water partition coefficient (Wildman–Crippen LogP) is 2.61. The van der Waals surface area contributed by atoms with Gasteiger partial charge in [-0.25, -0.2) is 0 Å². The lowest BCUT2D eigenvalue weighted by Crippen LogP contribution is -2.33. The number of carbonyl (C=O) groups is 1. The lowest BCUT2D eigenvalue weighted by molar-refractivity contribution is -0.122. The second-order valence-corrected chi connectivity index (χ2v) is 5.30. The molecule has 1 unspecified atom stereocenters. The molecule has 3 rings (SSSR count). The fraction of sp³-hybridized carbons (Fsp3) is 0.533. The van der Waals surface area contributed by atoms with Crippen molar-refractivity contribution < 1.29 is 9.53 Å². The van der Waals surface area contributed by atoms with Gasteiger partial charge in [-0.2, -0.15) is 0 Å². The largest absolute Gasteiger partial charge is 0.493 e. The summed E-state index contributed by atoms with van der Waals surface area (Å²) in [6.07, 6.45) is 5.33. The minimum atomic E-state index is 0.173. The van der Waals surface area contributed by atoms with Crippen molar-refractivity contribution in [3.8, 4) is 5.75 Å². The molecule has 0 spiro atoms. The van der Waals surface area contributed by atoms with E-state index in [4.69, 9.17) is 4.74 Å². The lowest BCUT2D eigenvalue weighted by Gasteiger charge is -2.14. The van der Waals surface area contributed by atoms with Crippen LogP contribution in [0.5, 0.6) is 5.75 Å². The Kier molecular flexibility index (Phi) is 3.22. The number of hydrogen-bond donors (Lipinski definition) is 1. The lowest BCUT2D eigenvalue weighted by atomic mass is 9.97. The zero-order valence-corrected chi connectivity index (χ0v) is 10.5. The summed E-state index contributed by atoms with van der Waals surface area (Å²) in [5, 5.41) is 3.14. The maximum Gasteiger partial charge on any atom is 0.220 e. The Labute approximate surface area is 108 Å². The van der Waals surface area contributed by atoms with Crippen molar-refractivity contribution in [3.63, 3.8) is 0 Å². The molecule has 1 heterocycles. The molecule has 3 heteroatoms. The summed E-state index contributed by atoms with van der Waals surface area (Å²) in [5.41, 5.74) is 1.18. The normalized spacial score (nSPS) is 22.6. The third-order valence-electron chi connectivity index (χ3n) is 3.95. The Balaban J connectivity index is 1.58. The molecule has 1 atom stereocenters. The number of benzene rings is 1. The minimum absolute atomic E-state index is 0.173. The van der Waals surface area contributed by atoms with Crippen LogP contribution in [0.1, 0.15) is 43.6 Å². The van der Waals surface area contributed by atoms with E-state index in [9.17, 15) is 4.79 Å². The van der Waals surface area contributed by atoms with E-state index in [-0.39, 0.29) is 11.8 Å². The molecular formula is C15H19NO2. The average Bonchev–Trinajstić information content (AvgIpc) is 3.00. The van der Waals surface area contributed by atoms with Crippen LogP contribution < -0.4 is 10.1 Å². The van der Waals surface area contributed by atoms with Crippen molar-refractivity contribution in [3.05, 3.63) is 29.8 Å². The number of nitrogens with one attached hydrogen (secondary N) is 1. The highest BCUT2D eigenvalue weighted by Gasteiger charge is 2.27. The highest BCUT2D eigenvalue weighted by molar-refractivity contribution is 5.77. The van der Waals surface area contributed by atoms with Gasteiger partial charge in [0.1, 0.15) is 5.75 Å². The highest BCUT2D eigenvalue weighted by atomic mass is 16.5. The van der Waals surface area contributed by atoms with Crippen molar-refractivity contribution in [2.45, 2.75) is 44.1 Å². The number of ether oxygens (including phenoxy) is 1. The first kappa shape index (κ1) is 11.6. The van der Waals surface area contributed by atoms with Gasteiger partial charge in [-0.05, 0) is 18.9 Å². The molecule has 3 nitrogen and oxygen atoms in total. The van der Waals surface area contributed by atoms with Crippen LogP contribution in [0, 0.1) is 0 Å². The fourth-order valence-electron chi connectivity index (χ4n) is 2.98. The van der Waals surface area contributed by atoms with Crippen molar-refractivity contribution in [2.75, 3.05) is 6.61 Å². The Morgan fingerprint density at radius 3 is 2.89 bits per heavy atom. The molecule has 0 bridgehead atoms. The quantitative estimate of drug-likeness (QED) is 0.889. The van der Waals surface area contributed by atoms with Crippen LogP contribution in [0.15, 0.2) is 24.3 Å². The second kappa shape index (κ2) is 5.01. The Morgan fingerprint density at radius 2 is 2.06 bits per heavy atom. The summed E-state index contributed by atoms with van der Waals surface area (Å²) < 4.78 is 5.60. The standard InChI is InChI=1S/C15H19NO2/c17-15(16-12-5-1-2-6-12)9-11-10-18-14-8-4-3-7-13(11)14/h3-4,7-8,11-12H,1-2,5-6,9-10H2,(H,16,17). The number of hydrogen-bond acceptors (Lipinski definition) is 2. The smallest absolute Gasteiger partial charge is 0.220 e. The highest BCUT2D eigenvalue weighted by Crippen LogP contribution is 2.35. The summed E-state index contributed by atoms with van der Waals surface area (Å²) in [5.74, 6) is 1.34. The van der Waals surface area contributed by atoms with Crippen LogP contribution in [-0.4, -0.2) is 18.6 Å². The van der Waals surface area contributed by atoms with E-state index in [0.29, 0.717) is 19.1 Å². The van der Waals surface area contributed by atoms with Gasteiger partial charge in [0.25, 0.3) is 0 Å². The molecule has 1 aliphatic heterocycles. The summed E-state index contributed by atoms with van der Waals surface area (Å²) in [6, 6.07) is 8.44. The first-order chi connectivity index (χ1) is 8.83. The number of amides is 1. The van der Waals surface area contributed by atoms with E-state index >= 15 is 0 Å². The zero-order chi connectivity index (χ0) is 12.4. The SMILES string of the molecule is O=C(CC1COc2ccccc21)NC1CCCC1. The Bertz CT molecular complexity index is 438. The van der Waals surface area contributed by atoms with E-state index in [2.05, 4.69) is 11.4 Å². The van der Waals surface area contributed by atoms with Gasteiger partial charge in [0.15, 0.2) is 0 Å². The van der Waals surface area contributed by atoms with Gasteiger partial charge in [0.05, 0.1) is 6.61 Å². The Hall–Kier alpha value is -1.51. The van der Waals surface area contributed by atoms with Crippen molar-refractivity contribution >= 4 is 5.91 Å². The minimum Gasteiger partial charge on any atom is -0.493 e. The monoisotopic (exact) mass is 245 g/mol. The van der Waals surface area contributed by atoms with Crippen LogP contribution in [-0.2, 0) is 4.79 Å². The maximum atomic E-state index is 12.0. The zero-order valence-electron chi connectivity index (χ0n) is 10.5. The van der Waals surface area contributed by atoms with Gasteiger partial charge in [0.2, 0.25) is 5.91 Å². The van der Waals surface area contributed by atoms with E-state index in [1.54, 1.807) is 0 Å². The molecule has 1 aromatic rings.